The van der Waals surface area contributed by atoms with Crippen molar-refractivity contribution < 1.29 is 30.0 Å². The highest BCUT2D eigenvalue weighted by Gasteiger charge is 2.70. The number of carbonyl (C=O) groups excluding carboxylic acids is 1. The van der Waals surface area contributed by atoms with Gasteiger partial charge in [0, 0.05) is 10.8 Å². The van der Waals surface area contributed by atoms with Gasteiger partial charge in [-0.1, -0.05) is 46.3 Å². The Kier molecular flexibility index (Phi) is 6.18. The number of esters is 1. The standard InChI is InChI=1S/C31H50O6/c1-26-14-15-30(5)18(19(26)16-28(3,25(36)37-7)24(35)23(26)34)8-9-21-27(2)12-11-22(33)29(4,17-32)20(27)10-13-31(21,30)6/h8,19-24,32-35H,9-17H2,1-7H3/t19-,20+,21+,22-,23+,24-,26+,27-,28-,29+,30+,31+/m0/s1. The second-order valence-electron chi connectivity index (χ2n) is 15.1. The molecule has 0 spiro atoms. The van der Waals surface area contributed by atoms with Gasteiger partial charge in [0.15, 0.2) is 0 Å². The molecule has 4 saturated carbocycles. The molecule has 37 heavy (non-hydrogen) atoms. The fraction of sp³-hybridized carbons (Fsp3) is 0.903. The summed E-state index contributed by atoms with van der Waals surface area (Å²) >= 11 is 0. The fourth-order valence-electron chi connectivity index (χ4n) is 11.0. The highest BCUT2D eigenvalue weighted by molar-refractivity contribution is 5.77. The van der Waals surface area contributed by atoms with E-state index in [1.165, 1.54) is 12.7 Å². The first-order chi connectivity index (χ1) is 17.1. The van der Waals surface area contributed by atoms with Crippen LogP contribution in [0.4, 0.5) is 0 Å². The Bertz CT molecular complexity index is 994. The molecule has 0 bridgehead atoms. The molecule has 0 aliphatic heterocycles. The van der Waals surface area contributed by atoms with E-state index in [-0.39, 0.29) is 34.7 Å². The van der Waals surface area contributed by atoms with E-state index >= 15 is 0 Å². The second-order valence-corrected chi connectivity index (χ2v) is 15.1. The predicted molar refractivity (Wildman–Crippen MR) is 141 cm³/mol. The summed E-state index contributed by atoms with van der Waals surface area (Å²) in [6.07, 6.45) is 6.71. The molecule has 0 aromatic rings. The molecular formula is C31H50O6. The van der Waals surface area contributed by atoms with E-state index < -0.39 is 40.5 Å². The maximum Gasteiger partial charge on any atom is 0.314 e. The molecule has 5 aliphatic rings. The monoisotopic (exact) mass is 518 g/mol. The number of aliphatic hydroxyl groups is 4. The molecule has 12 atom stereocenters. The zero-order chi connectivity index (χ0) is 27.4. The van der Waals surface area contributed by atoms with Crippen LogP contribution in [-0.2, 0) is 9.53 Å². The van der Waals surface area contributed by atoms with Crippen molar-refractivity contribution in [2.24, 2.45) is 50.2 Å². The van der Waals surface area contributed by atoms with Gasteiger partial charge in [-0.15, -0.1) is 0 Å². The zero-order valence-electron chi connectivity index (χ0n) is 24.0. The molecule has 0 aromatic heterocycles. The Morgan fingerprint density at radius 2 is 1.59 bits per heavy atom. The van der Waals surface area contributed by atoms with Crippen molar-refractivity contribution in [1.82, 2.24) is 0 Å². The number of hydrogen-bond acceptors (Lipinski definition) is 6. The van der Waals surface area contributed by atoms with Gasteiger partial charge in [-0.25, -0.2) is 0 Å². The van der Waals surface area contributed by atoms with E-state index in [1.54, 1.807) is 6.92 Å². The zero-order valence-corrected chi connectivity index (χ0v) is 24.0. The summed E-state index contributed by atoms with van der Waals surface area (Å²) in [7, 11) is 1.36. The normalized spacial score (nSPS) is 57.2. The first-order valence-electron chi connectivity index (χ1n) is 14.5. The van der Waals surface area contributed by atoms with E-state index in [2.05, 4.69) is 40.7 Å². The summed E-state index contributed by atoms with van der Waals surface area (Å²) < 4.78 is 5.13. The van der Waals surface area contributed by atoms with Crippen LogP contribution in [0.1, 0.15) is 92.9 Å². The van der Waals surface area contributed by atoms with E-state index in [1.807, 2.05) is 0 Å². The number of aliphatic hydroxyl groups excluding tert-OH is 4. The number of hydrogen-bond donors (Lipinski definition) is 4. The lowest BCUT2D eigenvalue weighted by molar-refractivity contribution is -0.229. The Hall–Kier alpha value is -0.950. The molecule has 0 aromatic carbocycles. The summed E-state index contributed by atoms with van der Waals surface area (Å²) in [5.74, 6) is 0.244. The van der Waals surface area contributed by atoms with Crippen molar-refractivity contribution in [3.8, 4) is 0 Å². The predicted octanol–water partition coefficient (Wildman–Crippen LogP) is 4.24. The number of allylic oxidation sites excluding steroid dienone is 2. The molecule has 4 N–H and O–H groups in total. The maximum atomic E-state index is 12.9. The molecule has 210 valence electrons. The van der Waals surface area contributed by atoms with Crippen molar-refractivity contribution in [2.45, 2.75) is 111 Å². The molecule has 0 unspecified atom stereocenters. The van der Waals surface area contributed by atoms with Crippen LogP contribution >= 0.6 is 0 Å². The van der Waals surface area contributed by atoms with Crippen molar-refractivity contribution in [3.63, 3.8) is 0 Å². The third-order valence-corrected chi connectivity index (χ3v) is 13.9. The highest BCUT2D eigenvalue weighted by Crippen LogP contribution is 2.75. The highest BCUT2D eigenvalue weighted by atomic mass is 16.5. The molecule has 6 heteroatoms. The summed E-state index contributed by atoms with van der Waals surface area (Å²) in [5.41, 5.74) is -0.781. The van der Waals surface area contributed by atoms with Crippen LogP contribution in [0.15, 0.2) is 11.6 Å². The number of ether oxygens (including phenoxy) is 1. The molecule has 0 saturated heterocycles. The van der Waals surface area contributed by atoms with Crippen LogP contribution < -0.4 is 0 Å². The van der Waals surface area contributed by atoms with Gasteiger partial charge >= 0.3 is 5.97 Å². The van der Waals surface area contributed by atoms with Crippen molar-refractivity contribution >= 4 is 5.97 Å². The van der Waals surface area contributed by atoms with E-state index in [4.69, 9.17) is 4.74 Å². The van der Waals surface area contributed by atoms with Gasteiger partial charge < -0.3 is 25.2 Å². The van der Waals surface area contributed by atoms with Crippen molar-refractivity contribution in [1.29, 1.82) is 0 Å². The first-order valence-corrected chi connectivity index (χ1v) is 14.5. The number of rotatable bonds is 2. The topological polar surface area (TPSA) is 107 Å². The Morgan fingerprint density at radius 3 is 2.22 bits per heavy atom. The van der Waals surface area contributed by atoms with E-state index in [0.717, 1.165) is 44.9 Å². The molecule has 4 fully saturated rings. The average molecular weight is 519 g/mol. The van der Waals surface area contributed by atoms with Crippen LogP contribution in [0, 0.1) is 50.2 Å². The second kappa shape index (κ2) is 8.28. The summed E-state index contributed by atoms with van der Waals surface area (Å²) in [6, 6.07) is 0. The van der Waals surface area contributed by atoms with Crippen molar-refractivity contribution in [3.05, 3.63) is 11.6 Å². The number of methoxy groups -OCH3 is 1. The summed E-state index contributed by atoms with van der Waals surface area (Å²) in [5, 5.41) is 44.0. The van der Waals surface area contributed by atoms with Gasteiger partial charge in [-0.3, -0.25) is 4.79 Å². The molecule has 6 nitrogen and oxygen atoms in total. The minimum absolute atomic E-state index is 0.00654. The lowest BCUT2D eigenvalue weighted by Gasteiger charge is -2.71. The molecule has 5 rings (SSSR count). The first kappa shape index (κ1) is 27.6. The fourth-order valence-corrected chi connectivity index (χ4v) is 11.0. The third kappa shape index (κ3) is 3.16. The third-order valence-electron chi connectivity index (χ3n) is 13.9. The lowest BCUT2D eigenvalue weighted by Crippen LogP contribution is -2.68. The molecule has 0 radical (unpaired) electrons. The minimum atomic E-state index is -1.16. The van der Waals surface area contributed by atoms with Gasteiger partial charge in [0.05, 0.1) is 37.4 Å². The summed E-state index contributed by atoms with van der Waals surface area (Å²) in [6.45, 7) is 13.3. The van der Waals surface area contributed by atoms with Gasteiger partial charge in [0.1, 0.15) is 0 Å². The van der Waals surface area contributed by atoms with Crippen LogP contribution in [0.3, 0.4) is 0 Å². The van der Waals surface area contributed by atoms with E-state index in [9.17, 15) is 25.2 Å². The van der Waals surface area contributed by atoms with Crippen LogP contribution in [-0.4, -0.2) is 58.4 Å². The smallest absolute Gasteiger partial charge is 0.314 e. The largest absolute Gasteiger partial charge is 0.469 e. The summed E-state index contributed by atoms with van der Waals surface area (Å²) in [4.78, 5) is 12.9. The Labute approximate surface area is 222 Å². The van der Waals surface area contributed by atoms with Crippen LogP contribution in [0.5, 0.6) is 0 Å². The quantitative estimate of drug-likeness (QED) is 0.322. The number of fused-ring (bicyclic) bond motifs is 7. The molecule has 0 amide bonds. The molecule has 5 aliphatic carbocycles. The Balaban J connectivity index is 1.59. The van der Waals surface area contributed by atoms with Crippen molar-refractivity contribution in [2.75, 3.05) is 13.7 Å². The average Bonchev–Trinajstić information content (AvgIpc) is 2.86. The minimum Gasteiger partial charge on any atom is -0.469 e. The van der Waals surface area contributed by atoms with E-state index in [0.29, 0.717) is 12.3 Å². The van der Waals surface area contributed by atoms with Gasteiger partial charge in [-0.05, 0) is 92.3 Å². The van der Waals surface area contributed by atoms with Crippen LogP contribution in [0.25, 0.3) is 0 Å². The number of carbonyl (C=O) groups is 1. The lowest BCUT2D eigenvalue weighted by atomic mass is 9.33. The van der Waals surface area contributed by atoms with Crippen LogP contribution in [0.2, 0.25) is 0 Å². The molecular weight excluding hydrogens is 468 g/mol. The maximum absolute atomic E-state index is 12.9. The van der Waals surface area contributed by atoms with Gasteiger partial charge in [0.25, 0.3) is 0 Å². The SMILES string of the molecule is COC(=O)[C@@]1(C)C[C@H]2C3=CC[C@@H]4[C@@]5(C)CC[C@H](O)[C@](C)(CO)[C@@H]5CC[C@@]4(C)[C@]3(C)CC[C@@]2(C)[C@H](O)[C@@H]1O. The van der Waals surface area contributed by atoms with Gasteiger partial charge in [-0.2, -0.15) is 0 Å². The Morgan fingerprint density at radius 1 is 0.919 bits per heavy atom. The molecule has 0 heterocycles. The van der Waals surface area contributed by atoms with Gasteiger partial charge in [0.2, 0.25) is 0 Å².